The van der Waals surface area contributed by atoms with Gasteiger partial charge in [-0.2, -0.15) is 0 Å². The number of hydrogen-bond acceptors (Lipinski definition) is 4. The minimum Gasteiger partial charge on any atom is -0.390 e. The lowest BCUT2D eigenvalue weighted by Crippen LogP contribution is -2.49. The summed E-state index contributed by atoms with van der Waals surface area (Å²) < 4.78 is 27.1. The van der Waals surface area contributed by atoms with E-state index < -0.39 is 23.6 Å². The number of aliphatic hydroxyl groups excluding tert-OH is 1. The Labute approximate surface area is 141 Å². The molecule has 0 spiro atoms. The van der Waals surface area contributed by atoms with Crippen molar-refractivity contribution in [3.05, 3.63) is 34.9 Å². The lowest BCUT2D eigenvalue weighted by Gasteiger charge is -2.34. The Kier molecular flexibility index (Phi) is 6.26. The van der Waals surface area contributed by atoms with E-state index in [0.29, 0.717) is 6.54 Å². The average Bonchev–Trinajstić information content (AvgIpc) is 2.52. The Hall–Kier alpha value is -1.57. The summed E-state index contributed by atoms with van der Waals surface area (Å²) in [5.41, 5.74) is 0.0364. The van der Waals surface area contributed by atoms with Gasteiger partial charge in [0.05, 0.1) is 11.7 Å². The summed E-state index contributed by atoms with van der Waals surface area (Å²) in [5, 5.41) is 10.2. The summed E-state index contributed by atoms with van der Waals surface area (Å²) in [6, 6.07) is 1.92. The van der Waals surface area contributed by atoms with Crippen LogP contribution in [0.2, 0.25) is 0 Å². The molecule has 1 heterocycles. The molecule has 134 valence electrons. The van der Waals surface area contributed by atoms with Crippen LogP contribution in [0, 0.1) is 18.6 Å². The maximum Gasteiger partial charge on any atom is 0.256 e. The molecule has 24 heavy (non-hydrogen) atoms. The number of halogens is 2. The number of benzene rings is 1. The monoisotopic (exact) mass is 341 g/mol. The van der Waals surface area contributed by atoms with Crippen molar-refractivity contribution in [2.75, 3.05) is 53.4 Å². The van der Waals surface area contributed by atoms with Crippen LogP contribution in [0.25, 0.3) is 0 Å². The number of aliphatic hydroxyl groups is 1. The number of aryl methyl sites for hydroxylation is 1. The van der Waals surface area contributed by atoms with E-state index in [1.807, 2.05) is 0 Å². The number of carbonyl (C=O) groups is 1. The van der Waals surface area contributed by atoms with Gasteiger partial charge in [0.15, 0.2) is 0 Å². The van der Waals surface area contributed by atoms with Crippen molar-refractivity contribution in [1.82, 2.24) is 14.7 Å². The fourth-order valence-corrected chi connectivity index (χ4v) is 2.81. The number of carbonyl (C=O) groups excluding carboxylic acids is 1. The van der Waals surface area contributed by atoms with Crippen LogP contribution in [0.4, 0.5) is 8.78 Å². The third-order valence-corrected chi connectivity index (χ3v) is 4.37. The zero-order valence-electron chi connectivity index (χ0n) is 14.4. The molecule has 1 N–H and O–H groups in total. The van der Waals surface area contributed by atoms with Gasteiger partial charge in [0.25, 0.3) is 5.91 Å². The van der Waals surface area contributed by atoms with E-state index in [9.17, 15) is 18.7 Å². The highest BCUT2D eigenvalue weighted by Crippen LogP contribution is 2.16. The van der Waals surface area contributed by atoms with Crippen LogP contribution in [-0.2, 0) is 0 Å². The number of amides is 1. The van der Waals surface area contributed by atoms with Gasteiger partial charge in [-0.05, 0) is 25.6 Å². The second-order valence-electron chi connectivity index (χ2n) is 6.52. The molecule has 1 aliphatic rings. The van der Waals surface area contributed by atoms with Crippen molar-refractivity contribution in [2.45, 2.75) is 13.0 Å². The van der Waals surface area contributed by atoms with Crippen molar-refractivity contribution in [1.29, 1.82) is 0 Å². The number of β-amino-alcohol motifs (C(OH)–C–C–N with tert-alkyl or cyclic N) is 1. The molecule has 1 unspecified atom stereocenters. The molecule has 0 bridgehead atoms. The first-order chi connectivity index (χ1) is 11.3. The summed E-state index contributed by atoms with van der Waals surface area (Å²) in [6.07, 6.45) is -0.716. The second-order valence-corrected chi connectivity index (χ2v) is 6.52. The van der Waals surface area contributed by atoms with Crippen molar-refractivity contribution < 1.29 is 18.7 Å². The van der Waals surface area contributed by atoms with Crippen molar-refractivity contribution in [3.63, 3.8) is 0 Å². The number of likely N-dealkylation sites (N-methyl/N-ethyl adjacent to an activating group) is 2. The molecule has 1 aromatic rings. The van der Waals surface area contributed by atoms with Gasteiger partial charge in [-0.15, -0.1) is 0 Å². The largest absolute Gasteiger partial charge is 0.390 e. The quantitative estimate of drug-likeness (QED) is 0.866. The molecule has 7 heteroatoms. The lowest BCUT2D eigenvalue weighted by molar-refractivity contribution is 0.0499. The highest BCUT2D eigenvalue weighted by atomic mass is 19.1. The summed E-state index contributed by atoms with van der Waals surface area (Å²) in [4.78, 5) is 18.0. The molecular formula is C17H25F2N3O2. The van der Waals surface area contributed by atoms with E-state index in [4.69, 9.17) is 0 Å². The maximum atomic E-state index is 13.8. The predicted octanol–water partition coefficient (Wildman–Crippen LogP) is 0.954. The van der Waals surface area contributed by atoms with Crippen LogP contribution < -0.4 is 0 Å². The minimum atomic E-state index is -0.886. The maximum absolute atomic E-state index is 13.8. The smallest absolute Gasteiger partial charge is 0.256 e. The normalized spacial score (nSPS) is 17.8. The Morgan fingerprint density at radius 1 is 1.25 bits per heavy atom. The molecule has 2 rings (SSSR count). The first-order valence-electron chi connectivity index (χ1n) is 8.08. The Morgan fingerprint density at radius 2 is 1.88 bits per heavy atom. The SMILES string of the molecule is Cc1cc(C(=O)N(C)CC(O)CN2CCN(C)CC2)c(F)cc1F. The minimum absolute atomic E-state index is 0.0983. The van der Waals surface area contributed by atoms with Gasteiger partial charge in [0.2, 0.25) is 0 Å². The van der Waals surface area contributed by atoms with Crippen molar-refractivity contribution >= 4 is 5.91 Å². The number of hydrogen-bond donors (Lipinski definition) is 1. The molecule has 1 saturated heterocycles. The summed E-state index contributed by atoms with van der Waals surface area (Å²) in [6.45, 7) is 5.68. The number of rotatable bonds is 5. The molecule has 5 nitrogen and oxygen atoms in total. The molecular weight excluding hydrogens is 316 g/mol. The third kappa shape index (κ3) is 4.72. The van der Waals surface area contributed by atoms with Gasteiger partial charge in [-0.25, -0.2) is 8.78 Å². The van der Waals surface area contributed by atoms with E-state index in [0.717, 1.165) is 32.2 Å². The zero-order chi connectivity index (χ0) is 17.9. The first kappa shape index (κ1) is 18.8. The van der Waals surface area contributed by atoms with E-state index >= 15 is 0 Å². The highest BCUT2D eigenvalue weighted by molar-refractivity contribution is 5.94. The lowest BCUT2D eigenvalue weighted by atomic mass is 10.1. The van der Waals surface area contributed by atoms with Crippen molar-refractivity contribution in [3.8, 4) is 0 Å². The fraction of sp³-hybridized carbons (Fsp3) is 0.588. The average molecular weight is 341 g/mol. The van der Waals surface area contributed by atoms with Gasteiger partial charge in [0.1, 0.15) is 11.6 Å². The van der Waals surface area contributed by atoms with E-state index in [1.165, 1.54) is 24.9 Å². The Bertz CT molecular complexity index is 589. The van der Waals surface area contributed by atoms with E-state index in [-0.39, 0.29) is 17.7 Å². The number of nitrogens with zero attached hydrogens (tertiary/aromatic N) is 3. The Morgan fingerprint density at radius 3 is 2.50 bits per heavy atom. The second kappa shape index (κ2) is 8.00. The van der Waals surface area contributed by atoms with E-state index in [2.05, 4.69) is 16.8 Å². The Balaban J connectivity index is 1.92. The van der Waals surface area contributed by atoms with Crippen LogP contribution in [0.3, 0.4) is 0 Å². The van der Waals surface area contributed by atoms with Crippen LogP contribution in [0.5, 0.6) is 0 Å². The molecule has 1 aliphatic heterocycles. The predicted molar refractivity (Wildman–Crippen MR) is 88.0 cm³/mol. The van der Waals surface area contributed by atoms with Crippen molar-refractivity contribution in [2.24, 2.45) is 0 Å². The van der Waals surface area contributed by atoms with Gasteiger partial charge < -0.3 is 14.9 Å². The molecule has 1 fully saturated rings. The fourth-order valence-electron chi connectivity index (χ4n) is 2.81. The van der Waals surface area contributed by atoms with Gasteiger partial charge in [-0.3, -0.25) is 9.69 Å². The van der Waals surface area contributed by atoms with Crippen LogP contribution >= 0.6 is 0 Å². The first-order valence-corrected chi connectivity index (χ1v) is 8.08. The van der Waals surface area contributed by atoms with Gasteiger partial charge in [-0.1, -0.05) is 0 Å². The van der Waals surface area contributed by atoms with E-state index in [1.54, 1.807) is 0 Å². The molecule has 0 saturated carbocycles. The number of piperazine rings is 1. The standard InChI is InChI=1S/C17H25F2N3O2/c1-12-8-14(16(19)9-15(12)18)17(24)21(3)10-13(23)11-22-6-4-20(2)5-7-22/h8-9,13,23H,4-7,10-11H2,1-3H3. The summed E-state index contributed by atoms with van der Waals surface area (Å²) in [5.74, 6) is -2.13. The molecule has 1 atom stereocenters. The summed E-state index contributed by atoms with van der Waals surface area (Å²) in [7, 11) is 3.56. The van der Waals surface area contributed by atoms with Gasteiger partial charge in [0, 0.05) is 52.4 Å². The zero-order valence-corrected chi connectivity index (χ0v) is 14.4. The highest BCUT2D eigenvalue weighted by Gasteiger charge is 2.22. The van der Waals surface area contributed by atoms with Gasteiger partial charge >= 0.3 is 0 Å². The third-order valence-electron chi connectivity index (χ3n) is 4.37. The molecule has 0 aliphatic carbocycles. The molecule has 0 radical (unpaired) electrons. The molecule has 1 aromatic carbocycles. The van der Waals surface area contributed by atoms with Crippen LogP contribution in [-0.4, -0.2) is 85.2 Å². The van der Waals surface area contributed by atoms with Crippen LogP contribution in [0.1, 0.15) is 15.9 Å². The molecule has 1 amide bonds. The summed E-state index contributed by atoms with van der Waals surface area (Å²) >= 11 is 0. The van der Waals surface area contributed by atoms with Crippen LogP contribution in [0.15, 0.2) is 12.1 Å². The molecule has 0 aromatic heterocycles. The topological polar surface area (TPSA) is 47.0 Å².